The highest BCUT2D eigenvalue weighted by molar-refractivity contribution is 4.81. The first-order chi connectivity index (χ1) is 7.44. The molecule has 0 amide bonds. The number of nitrogens with one attached hydrogen (secondary N) is 1. The van der Waals surface area contributed by atoms with E-state index >= 15 is 0 Å². The highest BCUT2D eigenvalue weighted by Crippen LogP contribution is 2.21. The van der Waals surface area contributed by atoms with E-state index in [-0.39, 0.29) is 0 Å². The van der Waals surface area contributed by atoms with Crippen LogP contribution in [0, 0.1) is 11.3 Å². The van der Waals surface area contributed by atoms with E-state index in [1.54, 1.807) is 0 Å². The van der Waals surface area contributed by atoms with Gasteiger partial charge >= 0.3 is 0 Å². The fourth-order valence-electron chi connectivity index (χ4n) is 2.34. The lowest BCUT2D eigenvalue weighted by molar-refractivity contribution is 0.170. The smallest absolute Gasteiger partial charge is 0.00794 e. The van der Waals surface area contributed by atoms with Gasteiger partial charge in [-0.3, -0.25) is 0 Å². The number of nitrogens with zero attached hydrogens (tertiary/aromatic N) is 1. The number of likely N-dealkylation sites (tertiary alicyclic amines) is 1. The minimum absolute atomic E-state index is 0.439. The lowest BCUT2D eigenvalue weighted by Crippen LogP contribution is -2.45. The van der Waals surface area contributed by atoms with Crippen molar-refractivity contribution in [2.24, 2.45) is 11.3 Å². The molecule has 2 nitrogen and oxygen atoms in total. The fraction of sp³-hybridized carbons (Fsp3) is 1.00. The first-order valence-corrected chi connectivity index (χ1v) is 6.86. The Labute approximate surface area is 102 Å². The Kier molecular flexibility index (Phi) is 5.26. The molecule has 0 aliphatic carbocycles. The molecule has 1 heterocycles. The van der Waals surface area contributed by atoms with Crippen molar-refractivity contribution in [1.82, 2.24) is 10.2 Å². The van der Waals surface area contributed by atoms with Crippen LogP contribution in [0.5, 0.6) is 0 Å². The van der Waals surface area contributed by atoms with E-state index in [1.165, 1.54) is 32.4 Å². The molecule has 1 N–H and O–H groups in total. The summed E-state index contributed by atoms with van der Waals surface area (Å²) in [6.07, 6.45) is 4.01. The van der Waals surface area contributed by atoms with Crippen LogP contribution in [-0.2, 0) is 0 Å². The van der Waals surface area contributed by atoms with Gasteiger partial charge in [-0.15, -0.1) is 0 Å². The van der Waals surface area contributed by atoms with Crippen LogP contribution in [0.2, 0.25) is 0 Å². The van der Waals surface area contributed by atoms with Gasteiger partial charge in [-0.25, -0.2) is 0 Å². The number of rotatable bonds is 5. The maximum absolute atomic E-state index is 3.74. The van der Waals surface area contributed by atoms with Crippen LogP contribution in [0.4, 0.5) is 0 Å². The molecule has 1 aliphatic heterocycles. The van der Waals surface area contributed by atoms with Crippen molar-refractivity contribution in [2.75, 3.05) is 26.7 Å². The molecule has 0 bridgehead atoms. The quantitative estimate of drug-likeness (QED) is 0.775. The Hall–Kier alpha value is -0.0800. The second kappa shape index (κ2) is 6.02. The molecule has 2 heteroatoms. The first-order valence-electron chi connectivity index (χ1n) is 6.86. The monoisotopic (exact) mass is 226 g/mol. The van der Waals surface area contributed by atoms with Gasteiger partial charge in [0.15, 0.2) is 0 Å². The molecule has 96 valence electrons. The Bertz CT molecular complexity index is 201. The summed E-state index contributed by atoms with van der Waals surface area (Å²) in [5.74, 6) is 0.839. The van der Waals surface area contributed by atoms with Gasteiger partial charge in [0.2, 0.25) is 0 Å². The van der Waals surface area contributed by atoms with Crippen molar-refractivity contribution < 1.29 is 0 Å². The van der Waals surface area contributed by atoms with E-state index in [9.17, 15) is 0 Å². The third-order valence-electron chi connectivity index (χ3n) is 4.23. The van der Waals surface area contributed by atoms with Crippen LogP contribution in [-0.4, -0.2) is 37.6 Å². The van der Waals surface area contributed by atoms with Crippen LogP contribution in [0.3, 0.4) is 0 Å². The fourth-order valence-corrected chi connectivity index (χ4v) is 2.34. The van der Waals surface area contributed by atoms with Crippen molar-refractivity contribution in [2.45, 2.75) is 53.0 Å². The average Bonchev–Trinajstić information content (AvgIpc) is 2.26. The van der Waals surface area contributed by atoms with E-state index in [0.717, 1.165) is 12.5 Å². The van der Waals surface area contributed by atoms with Gasteiger partial charge in [0, 0.05) is 19.1 Å². The third kappa shape index (κ3) is 4.42. The molecule has 1 saturated heterocycles. The molecule has 0 saturated carbocycles. The van der Waals surface area contributed by atoms with E-state index < -0.39 is 0 Å². The summed E-state index contributed by atoms with van der Waals surface area (Å²) in [4.78, 5) is 2.47. The van der Waals surface area contributed by atoms with Gasteiger partial charge in [-0.2, -0.15) is 0 Å². The van der Waals surface area contributed by atoms with Gasteiger partial charge in [0.05, 0.1) is 0 Å². The van der Waals surface area contributed by atoms with Crippen LogP contribution in [0.1, 0.15) is 47.0 Å². The molecule has 0 aromatic heterocycles. The number of hydrogen-bond donors (Lipinski definition) is 1. The molecule has 0 aromatic carbocycles. The van der Waals surface area contributed by atoms with Gasteiger partial charge in [-0.05, 0) is 51.1 Å². The summed E-state index contributed by atoms with van der Waals surface area (Å²) >= 11 is 0. The zero-order valence-corrected chi connectivity index (χ0v) is 11.8. The van der Waals surface area contributed by atoms with E-state index in [2.05, 4.69) is 45.0 Å². The van der Waals surface area contributed by atoms with E-state index in [4.69, 9.17) is 0 Å². The van der Waals surface area contributed by atoms with Crippen LogP contribution in [0.25, 0.3) is 0 Å². The molecule has 1 fully saturated rings. The highest BCUT2D eigenvalue weighted by atomic mass is 15.1. The average molecular weight is 226 g/mol. The second-order valence-electron chi connectivity index (χ2n) is 6.35. The summed E-state index contributed by atoms with van der Waals surface area (Å²) in [5.41, 5.74) is 0.439. The summed E-state index contributed by atoms with van der Waals surface area (Å²) < 4.78 is 0. The molecule has 0 aromatic rings. The van der Waals surface area contributed by atoms with Crippen LogP contribution < -0.4 is 5.32 Å². The lowest BCUT2D eigenvalue weighted by Gasteiger charge is -2.35. The predicted octanol–water partition coefficient (Wildman–Crippen LogP) is 2.74. The van der Waals surface area contributed by atoms with Crippen molar-refractivity contribution in [3.05, 3.63) is 0 Å². The minimum atomic E-state index is 0.439. The zero-order valence-electron chi connectivity index (χ0n) is 11.8. The Balaban J connectivity index is 2.31. The summed E-state index contributed by atoms with van der Waals surface area (Å²) in [7, 11) is 2.24. The third-order valence-corrected chi connectivity index (χ3v) is 4.23. The Morgan fingerprint density at radius 2 is 2.12 bits per heavy atom. The molecule has 16 heavy (non-hydrogen) atoms. The van der Waals surface area contributed by atoms with E-state index in [0.29, 0.717) is 11.5 Å². The van der Waals surface area contributed by atoms with Crippen LogP contribution >= 0.6 is 0 Å². The normalized spacial score (nSPS) is 25.7. The molecule has 2 unspecified atom stereocenters. The minimum Gasteiger partial charge on any atom is -0.313 e. The summed E-state index contributed by atoms with van der Waals surface area (Å²) in [6, 6.07) is 0.661. The molecular weight excluding hydrogens is 196 g/mol. The first kappa shape index (κ1) is 14.0. The predicted molar refractivity (Wildman–Crippen MR) is 71.8 cm³/mol. The second-order valence-corrected chi connectivity index (χ2v) is 6.35. The van der Waals surface area contributed by atoms with Gasteiger partial charge in [0.25, 0.3) is 0 Å². The van der Waals surface area contributed by atoms with Gasteiger partial charge < -0.3 is 10.2 Å². The maximum Gasteiger partial charge on any atom is 0.00794 e. The standard InChI is InChI=1S/C14H30N2/c1-6-14(3,4)11-15-12(2)13-8-7-9-16(5)10-13/h12-13,15H,6-11H2,1-5H3. The molecule has 1 rings (SSSR count). The number of piperidine rings is 1. The van der Waals surface area contributed by atoms with Crippen molar-refractivity contribution in [3.8, 4) is 0 Å². The van der Waals surface area contributed by atoms with Crippen molar-refractivity contribution in [3.63, 3.8) is 0 Å². The Morgan fingerprint density at radius 3 is 2.69 bits per heavy atom. The topological polar surface area (TPSA) is 15.3 Å². The molecule has 1 aliphatic rings. The summed E-state index contributed by atoms with van der Waals surface area (Å²) in [6.45, 7) is 13.0. The number of hydrogen-bond acceptors (Lipinski definition) is 2. The largest absolute Gasteiger partial charge is 0.313 e. The lowest BCUT2D eigenvalue weighted by atomic mass is 9.88. The van der Waals surface area contributed by atoms with Crippen molar-refractivity contribution in [1.29, 1.82) is 0 Å². The Morgan fingerprint density at radius 1 is 1.44 bits per heavy atom. The zero-order chi connectivity index (χ0) is 12.2. The molecular formula is C14H30N2. The van der Waals surface area contributed by atoms with Gasteiger partial charge in [0.1, 0.15) is 0 Å². The summed E-state index contributed by atoms with van der Waals surface area (Å²) in [5, 5.41) is 3.74. The van der Waals surface area contributed by atoms with E-state index in [1.807, 2.05) is 0 Å². The SMILES string of the molecule is CCC(C)(C)CNC(C)C1CCCN(C)C1. The molecule has 0 spiro atoms. The van der Waals surface area contributed by atoms with Gasteiger partial charge in [-0.1, -0.05) is 20.8 Å². The van der Waals surface area contributed by atoms with Crippen LogP contribution in [0.15, 0.2) is 0 Å². The maximum atomic E-state index is 3.74. The van der Waals surface area contributed by atoms with Crippen molar-refractivity contribution >= 4 is 0 Å². The molecule has 0 radical (unpaired) electrons. The molecule has 2 atom stereocenters. The highest BCUT2D eigenvalue weighted by Gasteiger charge is 2.24.